The Balaban J connectivity index is 1.35. The first-order valence-electron chi connectivity index (χ1n) is 11.3. The summed E-state index contributed by atoms with van der Waals surface area (Å²) in [5, 5.41) is 0.641. The van der Waals surface area contributed by atoms with Crippen LogP contribution in [0.15, 0.2) is 89.7 Å². The molecule has 1 fully saturated rings. The van der Waals surface area contributed by atoms with Crippen LogP contribution in [-0.2, 0) is 0 Å². The maximum atomic E-state index is 12.5. The fraction of sp³-hybridized carbons (Fsp3) is 0.259. The first-order valence-corrected chi connectivity index (χ1v) is 11.3. The summed E-state index contributed by atoms with van der Waals surface area (Å²) >= 11 is 0. The van der Waals surface area contributed by atoms with Gasteiger partial charge in [-0.2, -0.15) is 0 Å². The second-order valence-electron chi connectivity index (χ2n) is 8.44. The Hall–Kier alpha value is -3.28. The van der Waals surface area contributed by atoms with Crippen molar-refractivity contribution in [3.8, 4) is 0 Å². The summed E-state index contributed by atoms with van der Waals surface area (Å²) in [6.07, 6.45) is 0. The monoisotopic (exact) mass is 424 g/mol. The van der Waals surface area contributed by atoms with Gasteiger partial charge in [0.2, 0.25) is 0 Å². The Morgan fingerprint density at radius 1 is 0.750 bits per heavy atom. The van der Waals surface area contributed by atoms with Gasteiger partial charge in [-0.25, -0.2) is 4.98 Å². The zero-order valence-electron chi connectivity index (χ0n) is 18.3. The number of hydrogen-bond donors (Lipinski definition) is 1. The van der Waals surface area contributed by atoms with E-state index in [0.29, 0.717) is 5.39 Å². The number of hydrogen-bond acceptors (Lipinski definition) is 4. The second-order valence-corrected chi connectivity index (χ2v) is 8.44. The number of aromatic amines is 1. The van der Waals surface area contributed by atoms with Crippen molar-refractivity contribution in [2.24, 2.45) is 0 Å². The number of benzene rings is 3. The molecule has 1 unspecified atom stereocenters. The van der Waals surface area contributed by atoms with Crippen LogP contribution >= 0.6 is 0 Å². The molecule has 2 heterocycles. The lowest BCUT2D eigenvalue weighted by Gasteiger charge is -2.41. The van der Waals surface area contributed by atoms with Crippen LogP contribution in [0, 0.1) is 0 Å². The molecule has 1 aromatic heterocycles. The minimum Gasteiger partial charge on any atom is -0.309 e. The van der Waals surface area contributed by atoms with E-state index in [1.165, 1.54) is 11.1 Å². The molecule has 5 nitrogen and oxygen atoms in total. The molecule has 162 valence electrons. The number of rotatable bonds is 5. The third kappa shape index (κ3) is 4.09. The average Bonchev–Trinajstić information content (AvgIpc) is 2.85. The van der Waals surface area contributed by atoms with Crippen molar-refractivity contribution in [1.82, 2.24) is 19.8 Å². The lowest BCUT2D eigenvalue weighted by molar-refractivity contribution is 0.0813. The second kappa shape index (κ2) is 9.07. The molecule has 3 aromatic carbocycles. The molecule has 1 aliphatic heterocycles. The largest absolute Gasteiger partial charge is 0.309 e. The van der Waals surface area contributed by atoms with Gasteiger partial charge < -0.3 is 4.98 Å². The Morgan fingerprint density at radius 2 is 1.28 bits per heavy atom. The Morgan fingerprint density at radius 3 is 1.91 bits per heavy atom. The van der Waals surface area contributed by atoms with Crippen molar-refractivity contribution < 1.29 is 0 Å². The van der Waals surface area contributed by atoms with Crippen LogP contribution in [0.4, 0.5) is 0 Å². The van der Waals surface area contributed by atoms with Crippen molar-refractivity contribution in [3.63, 3.8) is 0 Å². The Bertz CT molecular complexity index is 1190. The predicted molar refractivity (Wildman–Crippen MR) is 129 cm³/mol. The van der Waals surface area contributed by atoms with Crippen LogP contribution in [0.3, 0.4) is 0 Å². The normalized spacial score (nSPS) is 16.4. The smallest absolute Gasteiger partial charge is 0.258 e. The van der Waals surface area contributed by atoms with Gasteiger partial charge in [-0.05, 0) is 30.2 Å². The van der Waals surface area contributed by atoms with Gasteiger partial charge in [0, 0.05) is 26.2 Å². The van der Waals surface area contributed by atoms with Gasteiger partial charge in [0.25, 0.3) is 5.56 Å². The number of fused-ring (bicyclic) bond motifs is 1. The van der Waals surface area contributed by atoms with Crippen molar-refractivity contribution in [2.45, 2.75) is 19.0 Å². The van der Waals surface area contributed by atoms with E-state index in [2.05, 4.69) is 82.4 Å². The van der Waals surface area contributed by atoms with Crippen molar-refractivity contribution in [1.29, 1.82) is 0 Å². The van der Waals surface area contributed by atoms with Crippen LogP contribution in [0.5, 0.6) is 0 Å². The van der Waals surface area contributed by atoms with E-state index in [-0.39, 0.29) is 17.6 Å². The summed E-state index contributed by atoms with van der Waals surface area (Å²) in [5.74, 6) is 0.741. The molecule has 0 aliphatic carbocycles. The SMILES string of the molecule is CC(c1nc2ccccc2c(=O)[nH]1)N1CCN(C(c2ccccc2)c2ccccc2)CC1. The highest BCUT2D eigenvalue weighted by Crippen LogP contribution is 2.30. The van der Waals surface area contributed by atoms with Gasteiger partial charge >= 0.3 is 0 Å². The standard InChI is InChI=1S/C27H28N4O/c1-20(26-28-24-15-9-8-14-23(24)27(32)29-26)30-16-18-31(19-17-30)25(21-10-4-2-5-11-21)22-12-6-3-7-13-22/h2-15,20,25H,16-19H2,1H3,(H,28,29,32). The summed E-state index contributed by atoms with van der Waals surface area (Å²) in [5.41, 5.74) is 3.33. The van der Waals surface area contributed by atoms with Crippen LogP contribution in [0.1, 0.15) is 36.0 Å². The van der Waals surface area contributed by atoms with E-state index in [1.807, 2.05) is 24.3 Å². The lowest BCUT2D eigenvalue weighted by Crippen LogP contribution is -2.48. The number of piperazine rings is 1. The molecule has 5 heteroatoms. The topological polar surface area (TPSA) is 52.2 Å². The zero-order chi connectivity index (χ0) is 21.9. The average molecular weight is 425 g/mol. The van der Waals surface area contributed by atoms with Crippen LogP contribution in [0.2, 0.25) is 0 Å². The highest BCUT2D eigenvalue weighted by Gasteiger charge is 2.29. The first-order chi connectivity index (χ1) is 15.7. The Kier molecular flexibility index (Phi) is 5.84. The number of aromatic nitrogens is 2. The van der Waals surface area contributed by atoms with Gasteiger partial charge in [-0.1, -0.05) is 72.8 Å². The summed E-state index contributed by atoms with van der Waals surface area (Å²) in [4.78, 5) is 25.3. The molecule has 0 radical (unpaired) electrons. The third-order valence-corrected chi connectivity index (χ3v) is 6.52. The molecular weight excluding hydrogens is 396 g/mol. The summed E-state index contributed by atoms with van der Waals surface area (Å²) < 4.78 is 0. The number of para-hydroxylation sites is 1. The van der Waals surface area contributed by atoms with Crippen molar-refractivity contribution in [3.05, 3.63) is 112 Å². The number of nitrogens with one attached hydrogen (secondary N) is 1. The fourth-order valence-corrected chi connectivity index (χ4v) is 4.74. The Labute approximate surface area is 188 Å². The third-order valence-electron chi connectivity index (χ3n) is 6.52. The zero-order valence-corrected chi connectivity index (χ0v) is 18.3. The van der Waals surface area contributed by atoms with E-state index in [1.54, 1.807) is 0 Å². The van der Waals surface area contributed by atoms with Crippen LogP contribution < -0.4 is 5.56 Å². The summed E-state index contributed by atoms with van der Waals surface area (Å²) in [6.45, 7) is 5.89. The first kappa shape index (κ1) is 20.6. The molecule has 0 spiro atoms. The number of H-pyrrole nitrogens is 1. The molecule has 32 heavy (non-hydrogen) atoms. The highest BCUT2D eigenvalue weighted by molar-refractivity contribution is 5.77. The van der Waals surface area contributed by atoms with Gasteiger partial charge in [0.05, 0.1) is 23.0 Å². The lowest BCUT2D eigenvalue weighted by atomic mass is 9.96. The maximum absolute atomic E-state index is 12.5. The quantitative estimate of drug-likeness (QED) is 0.516. The van der Waals surface area contributed by atoms with E-state index in [0.717, 1.165) is 37.5 Å². The van der Waals surface area contributed by atoms with Crippen LogP contribution in [-0.4, -0.2) is 45.9 Å². The van der Waals surface area contributed by atoms with E-state index in [9.17, 15) is 4.79 Å². The minimum atomic E-state index is -0.0655. The fourth-order valence-electron chi connectivity index (χ4n) is 4.74. The van der Waals surface area contributed by atoms with Gasteiger partial charge in [-0.3, -0.25) is 14.6 Å². The summed E-state index contributed by atoms with van der Waals surface area (Å²) in [7, 11) is 0. The van der Waals surface area contributed by atoms with Crippen LogP contribution in [0.25, 0.3) is 10.9 Å². The van der Waals surface area contributed by atoms with E-state index in [4.69, 9.17) is 4.98 Å². The molecule has 1 saturated heterocycles. The van der Waals surface area contributed by atoms with Crippen molar-refractivity contribution in [2.75, 3.05) is 26.2 Å². The van der Waals surface area contributed by atoms with E-state index >= 15 is 0 Å². The van der Waals surface area contributed by atoms with Gasteiger partial charge in [-0.15, -0.1) is 0 Å². The molecule has 4 aromatic rings. The van der Waals surface area contributed by atoms with Gasteiger partial charge in [0.1, 0.15) is 5.82 Å². The molecule has 0 bridgehead atoms. The van der Waals surface area contributed by atoms with Crippen molar-refractivity contribution >= 4 is 10.9 Å². The molecule has 1 aliphatic rings. The molecule has 0 amide bonds. The summed E-state index contributed by atoms with van der Waals surface area (Å²) in [6, 6.07) is 29.3. The highest BCUT2D eigenvalue weighted by atomic mass is 16.1. The number of nitrogens with zero attached hydrogens (tertiary/aromatic N) is 3. The molecule has 0 saturated carbocycles. The minimum absolute atomic E-state index is 0.0568. The van der Waals surface area contributed by atoms with E-state index < -0.39 is 0 Å². The molecule has 1 atom stereocenters. The predicted octanol–water partition coefficient (Wildman–Crippen LogP) is 4.39. The molecule has 5 rings (SSSR count). The molecule has 1 N–H and O–H groups in total. The molecular formula is C27H28N4O. The van der Waals surface area contributed by atoms with Gasteiger partial charge in [0.15, 0.2) is 0 Å². The maximum Gasteiger partial charge on any atom is 0.258 e.